The summed E-state index contributed by atoms with van der Waals surface area (Å²) in [5.74, 6) is -1.47. The third-order valence-electron chi connectivity index (χ3n) is 2.08. The standard InChI is InChI=1S/C10H7F6N3O/c11-9(12,13)8-6(1-2-17)19-5(4-18)3-7(8)20-10(14,15)16/h3H,1,4,18H2. The van der Waals surface area contributed by atoms with E-state index in [1.807, 2.05) is 0 Å². The number of ether oxygens (including phenoxy) is 1. The van der Waals surface area contributed by atoms with Gasteiger partial charge in [-0.2, -0.15) is 18.4 Å². The van der Waals surface area contributed by atoms with Crippen molar-refractivity contribution in [2.24, 2.45) is 5.73 Å². The number of hydrogen-bond donors (Lipinski definition) is 1. The summed E-state index contributed by atoms with van der Waals surface area (Å²) in [4.78, 5) is 3.42. The van der Waals surface area contributed by atoms with Gasteiger partial charge in [0.25, 0.3) is 0 Å². The first-order valence-electron chi connectivity index (χ1n) is 5.01. The minimum Gasteiger partial charge on any atom is -0.405 e. The fourth-order valence-electron chi connectivity index (χ4n) is 1.44. The van der Waals surface area contributed by atoms with Crippen LogP contribution >= 0.6 is 0 Å². The Bertz CT molecular complexity index is 532. The molecule has 0 aliphatic carbocycles. The van der Waals surface area contributed by atoms with E-state index in [0.717, 1.165) is 0 Å². The van der Waals surface area contributed by atoms with Crippen molar-refractivity contribution in [1.29, 1.82) is 5.26 Å². The minimum atomic E-state index is -5.31. The molecule has 0 unspecified atom stereocenters. The van der Waals surface area contributed by atoms with Crippen molar-refractivity contribution in [1.82, 2.24) is 4.98 Å². The summed E-state index contributed by atoms with van der Waals surface area (Å²) < 4.78 is 78.3. The predicted octanol–water partition coefficient (Wildman–Crippen LogP) is 2.52. The summed E-state index contributed by atoms with van der Waals surface area (Å²) >= 11 is 0. The van der Waals surface area contributed by atoms with Gasteiger partial charge in [-0.05, 0) is 0 Å². The van der Waals surface area contributed by atoms with Crippen LogP contribution in [0, 0.1) is 11.3 Å². The Kier molecular flexibility index (Phi) is 4.44. The van der Waals surface area contributed by atoms with Crippen molar-refractivity contribution in [3.05, 3.63) is 23.0 Å². The van der Waals surface area contributed by atoms with Crippen molar-refractivity contribution in [3.8, 4) is 11.8 Å². The van der Waals surface area contributed by atoms with E-state index >= 15 is 0 Å². The van der Waals surface area contributed by atoms with Crippen LogP contribution in [0.15, 0.2) is 6.07 Å². The highest BCUT2D eigenvalue weighted by molar-refractivity contribution is 5.42. The van der Waals surface area contributed by atoms with Gasteiger partial charge in [0.15, 0.2) is 0 Å². The molecule has 0 atom stereocenters. The first-order valence-corrected chi connectivity index (χ1v) is 5.01. The lowest BCUT2D eigenvalue weighted by Gasteiger charge is -2.18. The van der Waals surface area contributed by atoms with Gasteiger partial charge in [0.2, 0.25) is 0 Å². The summed E-state index contributed by atoms with van der Waals surface area (Å²) in [7, 11) is 0. The maximum absolute atomic E-state index is 12.8. The number of nitrogens with two attached hydrogens (primary N) is 1. The molecule has 0 aliphatic heterocycles. The zero-order valence-corrected chi connectivity index (χ0v) is 9.64. The second kappa shape index (κ2) is 5.54. The first-order chi connectivity index (χ1) is 9.08. The molecule has 1 heterocycles. The number of nitrogens with zero attached hydrogens (tertiary/aromatic N) is 2. The number of rotatable bonds is 3. The van der Waals surface area contributed by atoms with Gasteiger partial charge in [-0.25, -0.2) is 0 Å². The Hall–Kier alpha value is -2.02. The molecular formula is C10H7F6N3O. The van der Waals surface area contributed by atoms with Gasteiger partial charge in [0, 0.05) is 12.6 Å². The van der Waals surface area contributed by atoms with Crippen LogP contribution in [-0.2, 0) is 19.1 Å². The van der Waals surface area contributed by atoms with E-state index in [4.69, 9.17) is 11.0 Å². The lowest BCUT2D eigenvalue weighted by atomic mass is 10.1. The van der Waals surface area contributed by atoms with Crippen LogP contribution in [0.5, 0.6) is 5.75 Å². The molecule has 0 aliphatic rings. The van der Waals surface area contributed by atoms with Gasteiger partial charge in [-0.3, -0.25) is 4.98 Å². The number of aromatic nitrogens is 1. The quantitative estimate of drug-likeness (QED) is 0.870. The molecule has 1 aromatic rings. The zero-order chi connectivity index (χ0) is 15.6. The van der Waals surface area contributed by atoms with Crippen molar-refractivity contribution in [2.45, 2.75) is 25.5 Å². The molecule has 0 saturated heterocycles. The Morgan fingerprint density at radius 3 is 2.25 bits per heavy atom. The molecule has 0 amide bonds. The van der Waals surface area contributed by atoms with Crippen molar-refractivity contribution >= 4 is 0 Å². The molecular weight excluding hydrogens is 292 g/mol. The molecule has 0 spiro atoms. The van der Waals surface area contributed by atoms with Gasteiger partial charge >= 0.3 is 12.5 Å². The first kappa shape index (κ1) is 16.0. The van der Waals surface area contributed by atoms with E-state index in [2.05, 4.69) is 9.72 Å². The SMILES string of the molecule is N#CCc1nc(CN)cc(OC(F)(F)F)c1C(F)(F)F. The molecule has 1 aromatic heterocycles. The van der Waals surface area contributed by atoms with Crippen molar-refractivity contribution in [3.63, 3.8) is 0 Å². The molecule has 0 aromatic carbocycles. The Morgan fingerprint density at radius 2 is 1.85 bits per heavy atom. The van der Waals surface area contributed by atoms with Crippen LogP contribution in [0.25, 0.3) is 0 Å². The van der Waals surface area contributed by atoms with E-state index in [1.165, 1.54) is 6.07 Å². The fourth-order valence-corrected chi connectivity index (χ4v) is 1.44. The molecule has 0 saturated carbocycles. The van der Waals surface area contributed by atoms with E-state index < -0.39 is 42.5 Å². The number of halogens is 6. The van der Waals surface area contributed by atoms with Crippen LogP contribution in [-0.4, -0.2) is 11.3 Å². The Morgan fingerprint density at radius 1 is 1.25 bits per heavy atom. The third kappa shape index (κ3) is 3.99. The summed E-state index contributed by atoms with van der Waals surface area (Å²) in [6.07, 6.45) is -11.3. The van der Waals surface area contributed by atoms with Gasteiger partial charge in [-0.15, -0.1) is 13.2 Å². The van der Waals surface area contributed by atoms with Crippen LogP contribution in [0.3, 0.4) is 0 Å². The highest BCUT2D eigenvalue weighted by Gasteiger charge is 2.42. The number of alkyl halides is 6. The molecule has 2 N–H and O–H groups in total. The normalized spacial score (nSPS) is 12.1. The lowest BCUT2D eigenvalue weighted by Crippen LogP contribution is -2.22. The molecule has 110 valence electrons. The molecule has 20 heavy (non-hydrogen) atoms. The summed E-state index contributed by atoms with van der Waals surface area (Å²) in [5, 5.41) is 8.45. The van der Waals surface area contributed by atoms with E-state index in [0.29, 0.717) is 6.07 Å². The highest BCUT2D eigenvalue weighted by Crippen LogP contribution is 2.40. The van der Waals surface area contributed by atoms with E-state index in [9.17, 15) is 26.3 Å². The predicted molar refractivity (Wildman–Crippen MR) is 53.1 cm³/mol. The topological polar surface area (TPSA) is 71.9 Å². The van der Waals surface area contributed by atoms with Crippen LogP contribution < -0.4 is 10.5 Å². The monoisotopic (exact) mass is 299 g/mol. The zero-order valence-electron chi connectivity index (χ0n) is 9.64. The Labute approximate surface area is 108 Å². The average molecular weight is 299 g/mol. The van der Waals surface area contributed by atoms with Crippen LogP contribution in [0.4, 0.5) is 26.3 Å². The van der Waals surface area contributed by atoms with Gasteiger partial charge < -0.3 is 10.5 Å². The van der Waals surface area contributed by atoms with Gasteiger partial charge in [-0.1, -0.05) is 0 Å². The average Bonchev–Trinajstić information content (AvgIpc) is 2.24. The molecule has 10 heteroatoms. The van der Waals surface area contributed by atoms with Crippen molar-refractivity contribution in [2.75, 3.05) is 0 Å². The molecule has 0 bridgehead atoms. The van der Waals surface area contributed by atoms with Crippen molar-refractivity contribution < 1.29 is 31.1 Å². The van der Waals surface area contributed by atoms with Crippen LogP contribution in [0.2, 0.25) is 0 Å². The van der Waals surface area contributed by atoms with E-state index in [1.54, 1.807) is 0 Å². The fraction of sp³-hybridized carbons (Fsp3) is 0.400. The molecule has 1 rings (SSSR count). The molecule has 0 radical (unpaired) electrons. The second-order valence-electron chi connectivity index (χ2n) is 3.52. The maximum atomic E-state index is 12.8. The van der Waals surface area contributed by atoms with Gasteiger partial charge in [0.05, 0.1) is 23.9 Å². The van der Waals surface area contributed by atoms with Crippen LogP contribution in [0.1, 0.15) is 17.0 Å². The summed E-state index contributed by atoms with van der Waals surface area (Å²) in [6.45, 7) is -0.398. The van der Waals surface area contributed by atoms with Gasteiger partial charge in [0.1, 0.15) is 11.3 Å². The molecule has 0 fully saturated rings. The smallest absolute Gasteiger partial charge is 0.405 e. The number of hydrogen-bond acceptors (Lipinski definition) is 4. The van der Waals surface area contributed by atoms with E-state index in [-0.39, 0.29) is 5.69 Å². The number of pyridine rings is 1. The maximum Gasteiger partial charge on any atom is 0.573 e. The summed E-state index contributed by atoms with van der Waals surface area (Å²) in [5.41, 5.74) is 2.31. The largest absolute Gasteiger partial charge is 0.573 e. The minimum absolute atomic E-state index is 0.248. The lowest BCUT2D eigenvalue weighted by molar-refractivity contribution is -0.276. The highest BCUT2D eigenvalue weighted by atomic mass is 19.4. The second-order valence-corrected chi connectivity index (χ2v) is 3.52. The molecule has 4 nitrogen and oxygen atoms in total. The Balaban J connectivity index is 3.52. The number of nitriles is 1. The summed E-state index contributed by atoms with van der Waals surface area (Å²) in [6, 6.07) is 1.85. The third-order valence-corrected chi connectivity index (χ3v) is 2.08.